The molecule has 3 N–H and O–H groups in total. The first-order valence-electron chi connectivity index (χ1n) is 5.77. The van der Waals surface area contributed by atoms with Crippen LogP contribution in [0.25, 0.3) is 5.65 Å². The number of imidazole rings is 1. The lowest BCUT2D eigenvalue weighted by Crippen LogP contribution is -2.32. The van der Waals surface area contributed by atoms with Crippen molar-refractivity contribution in [3.63, 3.8) is 0 Å². The number of fused-ring (bicyclic) bond motifs is 1. The number of aromatic nitrogens is 2. The standard InChI is InChI=1S/C12H14N2O4/c15-6-8-10(16)11(17)12(18-8)7-5-13-9-3-1-2-4-14(7)9/h1-5,8,10-12,15-17H,6H2/t8-,10+,11+,12?/m1/s1. The molecule has 18 heavy (non-hydrogen) atoms. The fraction of sp³-hybridized carbons (Fsp3) is 0.417. The van der Waals surface area contributed by atoms with Crippen molar-refractivity contribution in [2.24, 2.45) is 0 Å². The molecular formula is C12H14N2O4. The monoisotopic (exact) mass is 250 g/mol. The maximum Gasteiger partial charge on any atom is 0.136 e. The Bertz CT molecular complexity index is 556. The van der Waals surface area contributed by atoms with Gasteiger partial charge in [-0.3, -0.25) is 0 Å². The number of ether oxygens (including phenoxy) is 1. The van der Waals surface area contributed by atoms with Crippen molar-refractivity contribution >= 4 is 5.65 Å². The zero-order chi connectivity index (χ0) is 12.7. The molecule has 0 radical (unpaired) electrons. The Balaban J connectivity index is 2.00. The van der Waals surface area contributed by atoms with Gasteiger partial charge in [-0.25, -0.2) is 4.98 Å². The van der Waals surface area contributed by atoms with Crippen molar-refractivity contribution in [2.45, 2.75) is 24.4 Å². The summed E-state index contributed by atoms with van der Waals surface area (Å²) in [5, 5.41) is 28.8. The number of hydrogen-bond donors (Lipinski definition) is 3. The van der Waals surface area contributed by atoms with E-state index in [-0.39, 0.29) is 6.61 Å². The zero-order valence-corrected chi connectivity index (χ0v) is 9.55. The quantitative estimate of drug-likeness (QED) is 0.668. The molecule has 96 valence electrons. The summed E-state index contributed by atoms with van der Waals surface area (Å²) in [6, 6.07) is 5.55. The van der Waals surface area contributed by atoms with Crippen LogP contribution in [0.3, 0.4) is 0 Å². The lowest BCUT2D eigenvalue weighted by Gasteiger charge is -2.14. The Morgan fingerprint density at radius 1 is 1.28 bits per heavy atom. The molecule has 0 bridgehead atoms. The molecule has 3 rings (SSSR count). The number of hydrogen-bond acceptors (Lipinski definition) is 5. The minimum atomic E-state index is -1.09. The summed E-state index contributed by atoms with van der Waals surface area (Å²) < 4.78 is 7.27. The molecule has 3 heterocycles. The highest BCUT2D eigenvalue weighted by Crippen LogP contribution is 2.33. The Hall–Kier alpha value is -1.47. The third-order valence-corrected chi connectivity index (χ3v) is 3.28. The second-order valence-corrected chi connectivity index (χ2v) is 4.37. The van der Waals surface area contributed by atoms with Crippen LogP contribution in [0.4, 0.5) is 0 Å². The lowest BCUT2D eigenvalue weighted by atomic mass is 10.1. The number of rotatable bonds is 2. The normalized spacial score (nSPS) is 32.2. The van der Waals surface area contributed by atoms with E-state index in [2.05, 4.69) is 4.98 Å². The molecule has 0 saturated carbocycles. The van der Waals surface area contributed by atoms with Gasteiger partial charge in [-0.1, -0.05) is 6.07 Å². The number of aliphatic hydroxyl groups is 3. The first-order chi connectivity index (χ1) is 8.72. The second-order valence-electron chi connectivity index (χ2n) is 4.37. The van der Waals surface area contributed by atoms with Gasteiger partial charge in [-0.2, -0.15) is 0 Å². The van der Waals surface area contributed by atoms with Crippen LogP contribution in [-0.4, -0.2) is 49.6 Å². The molecular weight excluding hydrogens is 236 g/mol. The van der Waals surface area contributed by atoms with Crippen LogP contribution < -0.4 is 0 Å². The SMILES string of the molecule is OC[C@H]1OC(c2cnc3ccccn23)[C@@H](O)[C@H]1O. The average Bonchev–Trinajstić information content (AvgIpc) is 2.93. The largest absolute Gasteiger partial charge is 0.394 e. The summed E-state index contributed by atoms with van der Waals surface area (Å²) >= 11 is 0. The van der Waals surface area contributed by atoms with Crippen molar-refractivity contribution < 1.29 is 20.1 Å². The fourth-order valence-electron chi connectivity index (χ4n) is 2.31. The van der Waals surface area contributed by atoms with E-state index in [1.807, 2.05) is 24.4 Å². The summed E-state index contributed by atoms with van der Waals surface area (Å²) in [7, 11) is 0. The van der Waals surface area contributed by atoms with Crippen LogP contribution >= 0.6 is 0 Å². The van der Waals surface area contributed by atoms with Crippen molar-refractivity contribution in [3.8, 4) is 0 Å². The van der Waals surface area contributed by atoms with E-state index in [1.165, 1.54) is 0 Å². The molecule has 1 fully saturated rings. The van der Waals surface area contributed by atoms with Gasteiger partial charge in [0.2, 0.25) is 0 Å². The van der Waals surface area contributed by atoms with Gasteiger partial charge in [0.1, 0.15) is 30.1 Å². The molecule has 0 spiro atoms. The molecule has 1 unspecified atom stereocenters. The smallest absolute Gasteiger partial charge is 0.136 e. The van der Waals surface area contributed by atoms with Gasteiger partial charge >= 0.3 is 0 Å². The summed E-state index contributed by atoms with van der Waals surface area (Å²) in [6.07, 6.45) is -0.187. The minimum absolute atomic E-state index is 0.328. The number of nitrogens with zero attached hydrogens (tertiary/aromatic N) is 2. The van der Waals surface area contributed by atoms with Crippen molar-refractivity contribution in [2.75, 3.05) is 6.61 Å². The number of pyridine rings is 1. The molecule has 2 aromatic heterocycles. The highest BCUT2D eigenvalue weighted by Gasteiger charge is 2.44. The second kappa shape index (κ2) is 4.33. The van der Waals surface area contributed by atoms with Gasteiger partial charge in [-0.15, -0.1) is 0 Å². The van der Waals surface area contributed by atoms with Crippen molar-refractivity contribution in [3.05, 3.63) is 36.3 Å². The van der Waals surface area contributed by atoms with Crippen LogP contribution in [0.1, 0.15) is 11.8 Å². The topological polar surface area (TPSA) is 87.2 Å². The molecule has 6 nitrogen and oxygen atoms in total. The maximum absolute atomic E-state index is 9.96. The molecule has 1 aliphatic rings. The zero-order valence-electron chi connectivity index (χ0n) is 9.55. The molecule has 0 amide bonds. The fourth-order valence-corrected chi connectivity index (χ4v) is 2.31. The van der Waals surface area contributed by atoms with E-state index in [1.54, 1.807) is 10.6 Å². The van der Waals surface area contributed by atoms with E-state index < -0.39 is 24.4 Å². The summed E-state index contributed by atoms with van der Waals surface area (Å²) in [5.41, 5.74) is 1.40. The van der Waals surface area contributed by atoms with Crippen LogP contribution in [0.5, 0.6) is 0 Å². The van der Waals surface area contributed by atoms with E-state index >= 15 is 0 Å². The molecule has 0 aromatic carbocycles. The molecule has 0 aliphatic carbocycles. The maximum atomic E-state index is 9.96. The molecule has 1 saturated heterocycles. The lowest BCUT2D eigenvalue weighted by molar-refractivity contribution is -0.0241. The third kappa shape index (κ3) is 1.62. The predicted molar refractivity (Wildman–Crippen MR) is 61.9 cm³/mol. The third-order valence-electron chi connectivity index (χ3n) is 3.28. The van der Waals surface area contributed by atoms with E-state index in [0.717, 1.165) is 5.65 Å². The first kappa shape index (κ1) is 11.6. The summed E-state index contributed by atoms with van der Waals surface area (Å²) in [4.78, 5) is 4.20. The molecule has 6 heteroatoms. The van der Waals surface area contributed by atoms with E-state index in [0.29, 0.717) is 5.69 Å². The van der Waals surface area contributed by atoms with Crippen molar-refractivity contribution in [1.29, 1.82) is 0 Å². The van der Waals surface area contributed by atoms with Gasteiger partial charge < -0.3 is 24.5 Å². The Morgan fingerprint density at radius 2 is 2.11 bits per heavy atom. The number of aliphatic hydroxyl groups excluding tert-OH is 3. The Labute approximate surface area is 103 Å². The molecule has 2 aromatic rings. The van der Waals surface area contributed by atoms with Gasteiger partial charge in [0.15, 0.2) is 0 Å². The van der Waals surface area contributed by atoms with Crippen LogP contribution in [0, 0.1) is 0 Å². The molecule has 1 aliphatic heterocycles. The predicted octanol–water partition coefficient (Wildman–Crippen LogP) is -0.512. The van der Waals surface area contributed by atoms with E-state index in [9.17, 15) is 10.2 Å². The minimum Gasteiger partial charge on any atom is -0.394 e. The van der Waals surface area contributed by atoms with Gasteiger partial charge in [0, 0.05) is 6.20 Å². The Kier molecular flexibility index (Phi) is 2.79. The van der Waals surface area contributed by atoms with Crippen LogP contribution in [0.15, 0.2) is 30.6 Å². The highest BCUT2D eigenvalue weighted by molar-refractivity contribution is 5.40. The highest BCUT2D eigenvalue weighted by atomic mass is 16.6. The van der Waals surface area contributed by atoms with E-state index in [4.69, 9.17) is 9.84 Å². The van der Waals surface area contributed by atoms with Gasteiger partial charge in [-0.05, 0) is 12.1 Å². The van der Waals surface area contributed by atoms with Gasteiger partial charge in [0.05, 0.1) is 18.5 Å². The molecule has 4 atom stereocenters. The van der Waals surface area contributed by atoms with Crippen LogP contribution in [0.2, 0.25) is 0 Å². The summed E-state index contributed by atoms with van der Waals surface area (Å²) in [5.74, 6) is 0. The van der Waals surface area contributed by atoms with Gasteiger partial charge in [0.25, 0.3) is 0 Å². The van der Waals surface area contributed by atoms with Crippen molar-refractivity contribution in [1.82, 2.24) is 9.38 Å². The summed E-state index contributed by atoms with van der Waals surface area (Å²) in [6.45, 7) is -0.328. The first-order valence-corrected chi connectivity index (χ1v) is 5.77. The average molecular weight is 250 g/mol. The van der Waals surface area contributed by atoms with Crippen LogP contribution in [-0.2, 0) is 4.74 Å². The Morgan fingerprint density at radius 3 is 2.83 bits per heavy atom.